The largest absolute Gasteiger partial charge is 0.462 e. The summed E-state index contributed by atoms with van der Waals surface area (Å²) in [5.41, 5.74) is -0.368. The number of halogens is 1. The number of nitro benzene ring substituents is 1. The minimum atomic E-state index is -0.739. The van der Waals surface area contributed by atoms with Gasteiger partial charge in [-0.1, -0.05) is 11.6 Å². The van der Waals surface area contributed by atoms with Crippen molar-refractivity contribution in [2.24, 2.45) is 0 Å². The Kier molecular flexibility index (Phi) is 4.91. The second kappa shape index (κ2) is 6.88. The van der Waals surface area contributed by atoms with E-state index in [1.807, 2.05) is 0 Å². The fourth-order valence-corrected chi connectivity index (χ4v) is 1.93. The third-order valence-corrected chi connectivity index (χ3v) is 3.10. The molecule has 0 radical (unpaired) electrons. The lowest BCUT2D eigenvalue weighted by atomic mass is 10.2. The molecule has 0 spiro atoms. The number of aromatic amines is 1. The quantitative estimate of drug-likeness (QED) is 0.489. The highest BCUT2D eigenvalue weighted by molar-refractivity contribution is 6.34. The van der Waals surface area contributed by atoms with Crippen LogP contribution in [-0.4, -0.2) is 33.6 Å². The number of nitro groups is 1. The van der Waals surface area contributed by atoms with Gasteiger partial charge in [0.2, 0.25) is 0 Å². The number of amides is 1. The molecule has 1 aromatic heterocycles. The molecule has 0 bridgehead atoms. The van der Waals surface area contributed by atoms with Gasteiger partial charge in [0.05, 0.1) is 22.1 Å². The lowest BCUT2D eigenvalue weighted by Crippen LogP contribution is -2.16. The standard InChI is InChI=1S/C13H11ClN4O5/c1-2-23-13(20)9-6-15-17-11(9)16-12(19)8-5-7(18(21)22)3-4-10(8)14/h3-6H,2H2,1H3,(H2,15,16,17,19). The van der Waals surface area contributed by atoms with E-state index in [4.69, 9.17) is 16.3 Å². The molecular weight excluding hydrogens is 328 g/mol. The summed E-state index contributed by atoms with van der Waals surface area (Å²) in [6.07, 6.45) is 1.27. The highest BCUT2D eigenvalue weighted by Crippen LogP contribution is 2.23. The molecular formula is C13H11ClN4O5. The second-order valence-corrected chi connectivity index (χ2v) is 4.65. The molecule has 2 N–H and O–H groups in total. The summed E-state index contributed by atoms with van der Waals surface area (Å²) in [5.74, 6) is -1.46. The van der Waals surface area contributed by atoms with Gasteiger partial charge < -0.3 is 10.1 Å². The predicted molar refractivity (Wildman–Crippen MR) is 80.6 cm³/mol. The first-order chi connectivity index (χ1) is 10.9. The summed E-state index contributed by atoms with van der Waals surface area (Å²) >= 11 is 5.88. The van der Waals surface area contributed by atoms with Crippen LogP contribution in [-0.2, 0) is 4.74 Å². The molecule has 23 heavy (non-hydrogen) atoms. The molecule has 0 saturated carbocycles. The van der Waals surface area contributed by atoms with E-state index in [0.717, 1.165) is 6.07 Å². The van der Waals surface area contributed by atoms with Crippen LogP contribution >= 0.6 is 11.6 Å². The molecule has 1 aromatic carbocycles. The summed E-state index contributed by atoms with van der Waals surface area (Å²) < 4.78 is 4.82. The van der Waals surface area contributed by atoms with Gasteiger partial charge in [-0.2, -0.15) is 5.10 Å². The van der Waals surface area contributed by atoms with E-state index in [-0.39, 0.29) is 34.3 Å². The minimum Gasteiger partial charge on any atom is -0.462 e. The van der Waals surface area contributed by atoms with Gasteiger partial charge in [0.1, 0.15) is 5.56 Å². The van der Waals surface area contributed by atoms with Crippen LogP contribution < -0.4 is 5.32 Å². The van der Waals surface area contributed by atoms with Gasteiger partial charge >= 0.3 is 5.97 Å². The first-order valence-corrected chi connectivity index (χ1v) is 6.78. The van der Waals surface area contributed by atoms with Gasteiger partial charge in [-0.15, -0.1) is 0 Å². The molecule has 0 atom stereocenters. The van der Waals surface area contributed by atoms with E-state index < -0.39 is 16.8 Å². The van der Waals surface area contributed by atoms with Crippen molar-refractivity contribution in [1.29, 1.82) is 0 Å². The van der Waals surface area contributed by atoms with Crippen molar-refractivity contribution in [3.8, 4) is 0 Å². The molecule has 1 amide bonds. The molecule has 120 valence electrons. The van der Waals surface area contributed by atoms with Crippen molar-refractivity contribution < 1.29 is 19.2 Å². The predicted octanol–water partition coefficient (Wildman–Crippen LogP) is 2.40. The van der Waals surface area contributed by atoms with Crippen LogP contribution in [0.25, 0.3) is 0 Å². The fourth-order valence-electron chi connectivity index (χ4n) is 1.73. The molecule has 0 aliphatic heterocycles. The van der Waals surface area contributed by atoms with Crippen LogP contribution in [0, 0.1) is 10.1 Å². The highest BCUT2D eigenvalue weighted by atomic mass is 35.5. The summed E-state index contributed by atoms with van der Waals surface area (Å²) in [5, 5.41) is 19.3. The number of anilines is 1. The average molecular weight is 339 g/mol. The number of rotatable bonds is 5. The Morgan fingerprint density at radius 2 is 2.17 bits per heavy atom. The molecule has 0 aliphatic rings. The summed E-state index contributed by atoms with van der Waals surface area (Å²) in [6.45, 7) is 1.80. The van der Waals surface area contributed by atoms with E-state index in [2.05, 4.69) is 15.5 Å². The fraction of sp³-hybridized carbons (Fsp3) is 0.154. The number of carbonyl (C=O) groups excluding carboxylic acids is 2. The van der Waals surface area contributed by atoms with Crippen LogP contribution in [0.15, 0.2) is 24.4 Å². The molecule has 2 aromatic rings. The number of esters is 1. The SMILES string of the molecule is CCOC(=O)c1c[nH]nc1NC(=O)c1cc([N+](=O)[O-])ccc1Cl. The number of hydrogen-bond donors (Lipinski definition) is 2. The number of nitrogens with zero attached hydrogens (tertiary/aromatic N) is 2. The molecule has 2 rings (SSSR count). The number of aromatic nitrogens is 2. The average Bonchev–Trinajstić information content (AvgIpc) is 2.95. The topological polar surface area (TPSA) is 127 Å². The molecule has 1 heterocycles. The number of carbonyl (C=O) groups is 2. The normalized spacial score (nSPS) is 10.2. The Morgan fingerprint density at radius 3 is 2.83 bits per heavy atom. The lowest BCUT2D eigenvalue weighted by Gasteiger charge is -2.06. The van der Waals surface area contributed by atoms with E-state index >= 15 is 0 Å². The van der Waals surface area contributed by atoms with Crippen LogP contribution in [0.5, 0.6) is 0 Å². The lowest BCUT2D eigenvalue weighted by molar-refractivity contribution is -0.384. The summed E-state index contributed by atoms with van der Waals surface area (Å²) in [4.78, 5) is 34.0. The van der Waals surface area contributed by atoms with Gasteiger partial charge in [-0.05, 0) is 13.0 Å². The maximum Gasteiger partial charge on any atom is 0.343 e. The zero-order valence-corrected chi connectivity index (χ0v) is 12.6. The zero-order valence-electron chi connectivity index (χ0n) is 11.8. The molecule has 0 aliphatic carbocycles. The molecule has 0 unspecified atom stereocenters. The van der Waals surface area contributed by atoms with Crippen molar-refractivity contribution in [1.82, 2.24) is 10.2 Å². The Balaban J connectivity index is 2.27. The number of hydrogen-bond acceptors (Lipinski definition) is 6. The maximum absolute atomic E-state index is 12.2. The summed E-state index contributed by atoms with van der Waals surface area (Å²) in [7, 11) is 0. The zero-order chi connectivity index (χ0) is 17.0. The van der Waals surface area contributed by atoms with Crippen molar-refractivity contribution >= 4 is 35.0 Å². The van der Waals surface area contributed by atoms with Crippen LogP contribution in [0.2, 0.25) is 5.02 Å². The van der Waals surface area contributed by atoms with Gasteiger partial charge in [0, 0.05) is 18.3 Å². The number of non-ortho nitro benzene ring substituents is 1. The highest BCUT2D eigenvalue weighted by Gasteiger charge is 2.21. The van der Waals surface area contributed by atoms with Crippen LogP contribution in [0.3, 0.4) is 0 Å². The van der Waals surface area contributed by atoms with Gasteiger partial charge in [0.25, 0.3) is 11.6 Å². The Bertz CT molecular complexity index is 773. The van der Waals surface area contributed by atoms with Gasteiger partial charge in [-0.25, -0.2) is 4.79 Å². The molecule has 0 fully saturated rings. The molecule has 9 nitrogen and oxygen atoms in total. The second-order valence-electron chi connectivity index (χ2n) is 4.24. The number of H-pyrrole nitrogens is 1. The maximum atomic E-state index is 12.2. The Morgan fingerprint density at radius 1 is 1.43 bits per heavy atom. The number of ether oxygens (including phenoxy) is 1. The number of nitrogens with one attached hydrogen (secondary N) is 2. The van der Waals surface area contributed by atoms with Crippen LogP contribution in [0.4, 0.5) is 11.5 Å². The van der Waals surface area contributed by atoms with Crippen molar-refractivity contribution in [2.75, 3.05) is 11.9 Å². The Hall–Kier alpha value is -2.94. The summed E-state index contributed by atoms with van der Waals surface area (Å²) in [6, 6.07) is 3.46. The third kappa shape index (κ3) is 3.64. The molecule has 0 saturated heterocycles. The third-order valence-electron chi connectivity index (χ3n) is 2.77. The Labute approximate surface area is 134 Å². The monoisotopic (exact) mass is 338 g/mol. The van der Waals surface area contributed by atoms with Gasteiger partial charge in [0.15, 0.2) is 5.82 Å². The molecule has 10 heteroatoms. The van der Waals surface area contributed by atoms with Crippen molar-refractivity contribution in [3.05, 3.63) is 50.7 Å². The van der Waals surface area contributed by atoms with Crippen molar-refractivity contribution in [2.45, 2.75) is 6.92 Å². The van der Waals surface area contributed by atoms with E-state index in [0.29, 0.717) is 0 Å². The van der Waals surface area contributed by atoms with Gasteiger partial charge in [-0.3, -0.25) is 20.0 Å². The van der Waals surface area contributed by atoms with Crippen LogP contribution in [0.1, 0.15) is 27.6 Å². The minimum absolute atomic E-state index is 0.0290. The van der Waals surface area contributed by atoms with E-state index in [9.17, 15) is 19.7 Å². The number of benzene rings is 1. The first-order valence-electron chi connectivity index (χ1n) is 6.40. The van der Waals surface area contributed by atoms with E-state index in [1.165, 1.54) is 18.3 Å². The first kappa shape index (κ1) is 16.4. The smallest absolute Gasteiger partial charge is 0.343 e. The van der Waals surface area contributed by atoms with E-state index in [1.54, 1.807) is 6.92 Å². The van der Waals surface area contributed by atoms with Crippen molar-refractivity contribution in [3.63, 3.8) is 0 Å².